The Hall–Kier alpha value is -2.02. The van der Waals surface area contributed by atoms with Crippen LogP contribution in [0.3, 0.4) is 0 Å². The van der Waals surface area contributed by atoms with E-state index < -0.39 is 22.2 Å². The molecule has 0 radical (unpaired) electrons. The van der Waals surface area contributed by atoms with Gasteiger partial charge in [0.2, 0.25) is 0 Å². The van der Waals surface area contributed by atoms with Crippen molar-refractivity contribution >= 4 is 11.6 Å². The molecule has 20 heavy (non-hydrogen) atoms. The molecule has 0 saturated carbocycles. The van der Waals surface area contributed by atoms with E-state index in [0.29, 0.717) is 19.6 Å². The molecule has 0 aliphatic carbocycles. The van der Waals surface area contributed by atoms with Crippen LogP contribution in [0, 0.1) is 15.9 Å². The molecule has 1 aromatic carbocycles. The molecule has 0 spiro atoms. The number of piperazine rings is 1. The smallest absolute Gasteiger partial charge is 0.282 e. The predicted octanol–water partition coefficient (Wildman–Crippen LogP) is 1.56. The molecule has 0 aromatic heterocycles. The second-order valence-corrected chi connectivity index (χ2v) is 5.36. The summed E-state index contributed by atoms with van der Waals surface area (Å²) in [7, 11) is 0. The first-order valence-corrected chi connectivity index (χ1v) is 6.29. The highest BCUT2D eigenvalue weighted by Gasteiger charge is 2.36. The third-order valence-electron chi connectivity index (χ3n) is 3.43. The van der Waals surface area contributed by atoms with Crippen LogP contribution in [0.1, 0.15) is 24.2 Å². The largest absolute Gasteiger partial charge is 0.331 e. The highest BCUT2D eigenvalue weighted by molar-refractivity contribution is 5.98. The molecule has 1 aliphatic heterocycles. The Balaban J connectivity index is 2.42. The Morgan fingerprint density at radius 3 is 2.80 bits per heavy atom. The fourth-order valence-electron chi connectivity index (χ4n) is 2.34. The number of hydrogen-bond donors (Lipinski definition) is 1. The lowest BCUT2D eigenvalue weighted by Crippen LogP contribution is -2.59. The van der Waals surface area contributed by atoms with Crippen LogP contribution in [0.4, 0.5) is 10.1 Å². The van der Waals surface area contributed by atoms with Crippen molar-refractivity contribution in [2.45, 2.75) is 19.4 Å². The number of carbonyl (C=O) groups excluding carboxylic acids is 1. The normalized spacial score (nSPS) is 17.9. The maximum Gasteiger partial charge on any atom is 0.282 e. The molecule has 1 aromatic rings. The van der Waals surface area contributed by atoms with E-state index in [-0.39, 0.29) is 11.3 Å². The van der Waals surface area contributed by atoms with Gasteiger partial charge < -0.3 is 10.2 Å². The van der Waals surface area contributed by atoms with Crippen LogP contribution in [0.2, 0.25) is 0 Å². The van der Waals surface area contributed by atoms with Crippen molar-refractivity contribution in [3.8, 4) is 0 Å². The van der Waals surface area contributed by atoms with Crippen LogP contribution < -0.4 is 5.32 Å². The average Bonchev–Trinajstić information content (AvgIpc) is 2.37. The van der Waals surface area contributed by atoms with Gasteiger partial charge in [-0.2, -0.15) is 0 Å². The molecule has 1 amide bonds. The topological polar surface area (TPSA) is 75.5 Å². The second kappa shape index (κ2) is 5.16. The van der Waals surface area contributed by atoms with Gasteiger partial charge in [0.15, 0.2) is 0 Å². The Kier molecular flexibility index (Phi) is 3.71. The van der Waals surface area contributed by atoms with Crippen molar-refractivity contribution in [3.05, 3.63) is 39.7 Å². The van der Waals surface area contributed by atoms with Crippen LogP contribution in [0.15, 0.2) is 18.2 Å². The summed E-state index contributed by atoms with van der Waals surface area (Å²) in [5, 5.41) is 14.1. The van der Waals surface area contributed by atoms with Crippen LogP contribution >= 0.6 is 0 Å². The molecule has 1 fully saturated rings. The maximum atomic E-state index is 13.3. The van der Waals surface area contributed by atoms with Gasteiger partial charge in [0, 0.05) is 25.7 Å². The lowest BCUT2D eigenvalue weighted by molar-refractivity contribution is -0.385. The quantitative estimate of drug-likeness (QED) is 0.659. The molecule has 108 valence electrons. The zero-order valence-corrected chi connectivity index (χ0v) is 11.4. The number of nitrogens with zero attached hydrogens (tertiary/aromatic N) is 2. The van der Waals surface area contributed by atoms with Crippen molar-refractivity contribution in [2.24, 2.45) is 0 Å². The minimum atomic E-state index is -0.665. The molecular weight excluding hydrogens is 265 g/mol. The standard InChI is InChI=1S/C13H16FN3O3/c1-13(2)8-15-5-6-16(13)12(18)10-7-9(14)3-4-11(10)17(19)20/h3-4,7,15H,5-6,8H2,1-2H3. The van der Waals surface area contributed by atoms with Gasteiger partial charge >= 0.3 is 0 Å². The van der Waals surface area contributed by atoms with Crippen molar-refractivity contribution in [2.75, 3.05) is 19.6 Å². The van der Waals surface area contributed by atoms with E-state index >= 15 is 0 Å². The molecule has 6 nitrogen and oxygen atoms in total. The predicted molar refractivity (Wildman–Crippen MR) is 71.0 cm³/mol. The van der Waals surface area contributed by atoms with Gasteiger partial charge in [0.05, 0.1) is 10.5 Å². The van der Waals surface area contributed by atoms with Crippen molar-refractivity contribution in [3.63, 3.8) is 0 Å². The zero-order chi connectivity index (χ0) is 14.9. The van der Waals surface area contributed by atoms with Gasteiger partial charge in [-0.25, -0.2) is 4.39 Å². The number of halogens is 1. The lowest BCUT2D eigenvalue weighted by atomic mass is 9.98. The average molecular weight is 281 g/mol. The summed E-state index contributed by atoms with van der Waals surface area (Å²) in [4.78, 5) is 24.4. The SMILES string of the molecule is CC1(C)CNCCN1C(=O)c1cc(F)ccc1[N+](=O)[O-]. The van der Waals surface area contributed by atoms with Gasteiger partial charge in [0.1, 0.15) is 11.4 Å². The van der Waals surface area contributed by atoms with Gasteiger partial charge in [0.25, 0.3) is 11.6 Å². The molecule has 0 unspecified atom stereocenters. The maximum absolute atomic E-state index is 13.3. The van der Waals surface area contributed by atoms with Gasteiger partial charge in [-0.3, -0.25) is 14.9 Å². The summed E-state index contributed by atoms with van der Waals surface area (Å²) in [6.07, 6.45) is 0. The zero-order valence-electron chi connectivity index (χ0n) is 11.4. The lowest BCUT2D eigenvalue weighted by Gasteiger charge is -2.42. The van der Waals surface area contributed by atoms with Crippen molar-refractivity contribution in [1.29, 1.82) is 0 Å². The first kappa shape index (κ1) is 14.4. The first-order chi connectivity index (χ1) is 9.33. The van der Waals surface area contributed by atoms with Gasteiger partial charge in [-0.1, -0.05) is 0 Å². The third kappa shape index (κ3) is 2.62. The minimum Gasteiger partial charge on any atom is -0.331 e. The van der Waals surface area contributed by atoms with Crippen LogP contribution in [-0.2, 0) is 0 Å². The van der Waals surface area contributed by atoms with Crippen LogP contribution in [0.5, 0.6) is 0 Å². The van der Waals surface area contributed by atoms with E-state index in [1.807, 2.05) is 13.8 Å². The molecule has 7 heteroatoms. The Bertz CT molecular complexity index is 560. The summed E-state index contributed by atoms with van der Waals surface area (Å²) in [6, 6.07) is 2.94. The monoisotopic (exact) mass is 281 g/mol. The van der Waals surface area contributed by atoms with Gasteiger partial charge in [-0.15, -0.1) is 0 Å². The molecule has 0 atom stereocenters. The van der Waals surface area contributed by atoms with Gasteiger partial charge in [-0.05, 0) is 26.0 Å². The number of amides is 1. The molecule has 2 rings (SSSR count). The van der Waals surface area contributed by atoms with Crippen molar-refractivity contribution < 1.29 is 14.1 Å². The number of nitro groups is 1. The first-order valence-electron chi connectivity index (χ1n) is 6.29. The minimum absolute atomic E-state index is 0.204. The summed E-state index contributed by atoms with van der Waals surface area (Å²) < 4.78 is 13.3. The summed E-state index contributed by atoms with van der Waals surface area (Å²) >= 11 is 0. The molecular formula is C13H16FN3O3. The number of carbonyl (C=O) groups is 1. The number of nitrogens with one attached hydrogen (secondary N) is 1. The molecule has 1 aliphatic rings. The Labute approximate surface area is 115 Å². The fraction of sp³-hybridized carbons (Fsp3) is 0.462. The van der Waals surface area contributed by atoms with E-state index in [4.69, 9.17) is 0 Å². The Morgan fingerprint density at radius 1 is 1.50 bits per heavy atom. The molecule has 0 bridgehead atoms. The second-order valence-electron chi connectivity index (χ2n) is 5.36. The summed E-state index contributed by atoms with van der Waals surface area (Å²) in [6.45, 7) is 5.35. The molecule has 1 N–H and O–H groups in total. The van der Waals surface area contributed by atoms with E-state index in [2.05, 4.69) is 5.32 Å². The summed E-state index contributed by atoms with van der Waals surface area (Å²) in [5.74, 6) is -1.17. The molecule has 1 saturated heterocycles. The van der Waals surface area contributed by atoms with E-state index in [1.165, 1.54) is 0 Å². The van der Waals surface area contributed by atoms with E-state index in [9.17, 15) is 19.3 Å². The fourth-order valence-corrected chi connectivity index (χ4v) is 2.34. The van der Waals surface area contributed by atoms with Crippen LogP contribution in [-0.4, -0.2) is 40.9 Å². The third-order valence-corrected chi connectivity index (χ3v) is 3.43. The Morgan fingerprint density at radius 2 is 2.20 bits per heavy atom. The number of benzene rings is 1. The number of rotatable bonds is 2. The highest BCUT2D eigenvalue weighted by atomic mass is 19.1. The molecule has 1 heterocycles. The number of hydrogen-bond acceptors (Lipinski definition) is 4. The van der Waals surface area contributed by atoms with E-state index in [0.717, 1.165) is 18.2 Å². The highest BCUT2D eigenvalue weighted by Crippen LogP contribution is 2.25. The van der Waals surface area contributed by atoms with E-state index in [1.54, 1.807) is 4.90 Å². The summed E-state index contributed by atoms with van der Waals surface area (Å²) in [5.41, 5.74) is -1.05. The van der Waals surface area contributed by atoms with Crippen molar-refractivity contribution in [1.82, 2.24) is 10.2 Å². The number of nitro benzene ring substituents is 1. The van der Waals surface area contributed by atoms with Crippen LogP contribution in [0.25, 0.3) is 0 Å².